The van der Waals surface area contributed by atoms with Crippen LogP contribution in [0, 0.1) is 19.8 Å². The molecule has 4 fully saturated rings. The van der Waals surface area contributed by atoms with Crippen LogP contribution in [-0.4, -0.2) is 35.6 Å². The van der Waals surface area contributed by atoms with Crippen molar-refractivity contribution in [1.29, 1.82) is 0 Å². The fourth-order valence-corrected chi connectivity index (χ4v) is 4.93. The number of thiazole rings is 1. The molecule has 0 aromatic carbocycles. The van der Waals surface area contributed by atoms with Crippen LogP contribution < -0.4 is 5.32 Å². The highest BCUT2D eigenvalue weighted by Gasteiger charge is 2.51. The summed E-state index contributed by atoms with van der Waals surface area (Å²) >= 11 is 1.93. The summed E-state index contributed by atoms with van der Waals surface area (Å²) < 4.78 is 0. The van der Waals surface area contributed by atoms with E-state index in [2.05, 4.69) is 24.1 Å². The number of piperidine rings is 3. The van der Waals surface area contributed by atoms with Gasteiger partial charge in [0.05, 0.1) is 11.2 Å². The van der Waals surface area contributed by atoms with Crippen LogP contribution in [0.3, 0.4) is 0 Å². The average Bonchev–Trinajstić information content (AvgIpc) is 3.16. The Balaban J connectivity index is 1.74. The monoisotopic (exact) mass is 277 g/mol. The molecule has 0 radical (unpaired) electrons. The Hall–Kier alpha value is -0.450. The van der Waals surface area contributed by atoms with Crippen molar-refractivity contribution in [2.24, 2.45) is 5.92 Å². The molecule has 0 amide bonds. The molecule has 2 bridgehead atoms. The summed E-state index contributed by atoms with van der Waals surface area (Å²) in [5.74, 6) is 0.794. The van der Waals surface area contributed by atoms with Crippen molar-refractivity contribution >= 4 is 11.3 Å². The van der Waals surface area contributed by atoms with E-state index in [-0.39, 0.29) is 5.54 Å². The minimum Gasteiger partial charge on any atom is -0.301 e. The Morgan fingerprint density at radius 2 is 1.95 bits per heavy atom. The summed E-state index contributed by atoms with van der Waals surface area (Å²) in [6, 6.07) is 0.755. The Kier molecular flexibility index (Phi) is 2.77. The summed E-state index contributed by atoms with van der Waals surface area (Å²) in [6.07, 6.45) is 5.41. The summed E-state index contributed by atoms with van der Waals surface area (Å²) in [4.78, 5) is 8.97. The van der Waals surface area contributed by atoms with E-state index in [4.69, 9.17) is 4.98 Å². The predicted octanol–water partition coefficient (Wildman–Crippen LogP) is 2.43. The summed E-state index contributed by atoms with van der Waals surface area (Å²) in [6.45, 7) is 8.13. The fraction of sp³-hybridized carbons (Fsp3) is 0.800. The number of aromatic nitrogens is 1. The second-order valence-electron chi connectivity index (χ2n) is 6.60. The number of nitrogens with one attached hydrogen (secondary N) is 1. The normalized spacial score (nSPS) is 37.8. The van der Waals surface area contributed by atoms with Gasteiger partial charge in [0.15, 0.2) is 0 Å². The molecule has 1 aliphatic carbocycles. The lowest BCUT2D eigenvalue weighted by atomic mass is 9.73. The summed E-state index contributed by atoms with van der Waals surface area (Å²) in [7, 11) is 0. The predicted molar refractivity (Wildman–Crippen MR) is 78.6 cm³/mol. The number of hydrogen-bond acceptors (Lipinski definition) is 4. The van der Waals surface area contributed by atoms with Gasteiger partial charge in [-0.15, -0.1) is 11.3 Å². The Bertz CT molecular complexity index is 462. The molecule has 1 unspecified atom stereocenters. The molecule has 0 spiro atoms. The molecule has 3 nitrogen and oxygen atoms in total. The van der Waals surface area contributed by atoms with Crippen molar-refractivity contribution in [3.63, 3.8) is 0 Å². The second-order valence-corrected chi connectivity index (χ2v) is 7.80. The van der Waals surface area contributed by atoms with Crippen LogP contribution in [0.2, 0.25) is 0 Å². The zero-order valence-electron chi connectivity index (χ0n) is 11.9. The van der Waals surface area contributed by atoms with E-state index < -0.39 is 0 Å². The highest BCUT2D eigenvalue weighted by atomic mass is 32.1. The van der Waals surface area contributed by atoms with Crippen LogP contribution in [-0.2, 0) is 5.54 Å². The van der Waals surface area contributed by atoms with Gasteiger partial charge in [0.1, 0.15) is 5.01 Å². The highest BCUT2D eigenvalue weighted by molar-refractivity contribution is 7.11. The summed E-state index contributed by atoms with van der Waals surface area (Å²) in [5, 5.41) is 5.37. The zero-order chi connectivity index (χ0) is 13.0. The topological polar surface area (TPSA) is 28.2 Å². The minimum absolute atomic E-state index is 0.168. The third-order valence-corrected chi connectivity index (χ3v) is 6.46. The van der Waals surface area contributed by atoms with Crippen molar-refractivity contribution < 1.29 is 0 Å². The van der Waals surface area contributed by atoms with Crippen LogP contribution >= 0.6 is 11.3 Å². The van der Waals surface area contributed by atoms with Gasteiger partial charge in [-0.3, -0.25) is 0 Å². The van der Waals surface area contributed by atoms with E-state index in [1.807, 2.05) is 11.3 Å². The van der Waals surface area contributed by atoms with Crippen molar-refractivity contribution in [3.05, 3.63) is 15.6 Å². The first-order chi connectivity index (χ1) is 9.17. The first-order valence-electron chi connectivity index (χ1n) is 7.62. The van der Waals surface area contributed by atoms with E-state index in [1.165, 1.54) is 60.9 Å². The molecule has 1 N–H and O–H groups in total. The number of nitrogens with zero attached hydrogens (tertiary/aromatic N) is 2. The zero-order valence-corrected chi connectivity index (χ0v) is 12.7. The molecule has 4 aliphatic rings. The third-order valence-electron chi connectivity index (χ3n) is 5.21. The molecule has 1 aromatic heterocycles. The van der Waals surface area contributed by atoms with Gasteiger partial charge in [-0.25, -0.2) is 4.98 Å². The third kappa shape index (κ3) is 1.96. The first-order valence-corrected chi connectivity index (χ1v) is 8.43. The molecule has 1 saturated carbocycles. The van der Waals surface area contributed by atoms with Crippen molar-refractivity contribution in [2.45, 2.75) is 51.1 Å². The molecule has 5 rings (SSSR count). The smallest absolute Gasteiger partial charge is 0.115 e. The Morgan fingerprint density at radius 1 is 1.21 bits per heavy atom. The maximum Gasteiger partial charge on any atom is 0.115 e. The lowest BCUT2D eigenvalue weighted by molar-refractivity contribution is 0.00172. The van der Waals surface area contributed by atoms with Gasteiger partial charge < -0.3 is 10.2 Å². The lowest BCUT2D eigenvalue weighted by Gasteiger charge is -2.53. The number of rotatable bonds is 3. The first kappa shape index (κ1) is 12.3. The van der Waals surface area contributed by atoms with E-state index >= 15 is 0 Å². The summed E-state index contributed by atoms with van der Waals surface area (Å²) in [5.41, 5.74) is 1.40. The molecule has 1 atom stereocenters. The van der Waals surface area contributed by atoms with Crippen LogP contribution in [0.1, 0.15) is 41.3 Å². The van der Waals surface area contributed by atoms with Crippen LogP contribution in [0.15, 0.2) is 0 Å². The maximum absolute atomic E-state index is 4.94. The van der Waals surface area contributed by atoms with Gasteiger partial charge in [0, 0.05) is 17.5 Å². The van der Waals surface area contributed by atoms with E-state index in [1.54, 1.807) is 0 Å². The number of aryl methyl sites for hydroxylation is 2. The Morgan fingerprint density at radius 3 is 2.42 bits per heavy atom. The molecule has 4 heterocycles. The van der Waals surface area contributed by atoms with Crippen molar-refractivity contribution in [3.8, 4) is 0 Å². The molecular weight excluding hydrogens is 254 g/mol. The molecule has 1 aromatic rings. The van der Waals surface area contributed by atoms with Crippen LogP contribution in [0.25, 0.3) is 0 Å². The number of hydrogen-bond donors (Lipinski definition) is 1. The van der Waals surface area contributed by atoms with Crippen LogP contribution in [0.4, 0.5) is 0 Å². The fourth-order valence-electron chi connectivity index (χ4n) is 3.79. The molecule has 104 valence electrons. The van der Waals surface area contributed by atoms with Gasteiger partial charge in [-0.1, -0.05) is 0 Å². The second kappa shape index (κ2) is 4.27. The van der Waals surface area contributed by atoms with Crippen molar-refractivity contribution in [1.82, 2.24) is 15.2 Å². The number of fused-ring (bicyclic) bond motifs is 3. The largest absolute Gasteiger partial charge is 0.301 e. The maximum atomic E-state index is 4.94. The van der Waals surface area contributed by atoms with Crippen LogP contribution in [0.5, 0.6) is 0 Å². The lowest BCUT2D eigenvalue weighted by Crippen LogP contribution is -2.64. The van der Waals surface area contributed by atoms with E-state index in [0.717, 1.165) is 12.0 Å². The van der Waals surface area contributed by atoms with Gasteiger partial charge >= 0.3 is 0 Å². The Labute approximate surface area is 119 Å². The van der Waals surface area contributed by atoms with E-state index in [9.17, 15) is 0 Å². The van der Waals surface area contributed by atoms with Gasteiger partial charge in [0.2, 0.25) is 0 Å². The highest BCUT2D eigenvalue weighted by Crippen LogP contribution is 2.46. The molecule has 4 heteroatoms. The standard InChI is InChI=1S/C15H23N3S/c1-10-11(2)19-14(16-10)15(17-13-3-4-13)9-18-7-5-12(15)6-8-18/h12-13,17H,3-9H2,1-2H3. The van der Waals surface area contributed by atoms with E-state index in [0.29, 0.717) is 0 Å². The van der Waals surface area contributed by atoms with Gasteiger partial charge in [-0.2, -0.15) is 0 Å². The minimum atomic E-state index is 0.168. The quantitative estimate of drug-likeness (QED) is 0.920. The molecule has 3 saturated heterocycles. The molecule has 19 heavy (non-hydrogen) atoms. The van der Waals surface area contributed by atoms with Crippen molar-refractivity contribution in [2.75, 3.05) is 19.6 Å². The average molecular weight is 277 g/mol. The SMILES string of the molecule is Cc1nc(C2(NC3CC3)CN3CCC2CC3)sc1C. The molecular formula is C15H23N3S. The molecule has 3 aliphatic heterocycles. The van der Waals surface area contributed by atoms with Gasteiger partial charge in [0.25, 0.3) is 0 Å². The van der Waals surface area contributed by atoms with Gasteiger partial charge in [-0.05, 0) is 58.5 Å².